The van der Waals surface area contributed by atoms with Crippen LogP contribution in [-0.4, -0.2) is 13.1 Å². The Bertz CT molecular complexity index is 45.4. The fourth-order valence-corrected chi connectivity index (χ4v) is 0. The van der Waals surface area contributed by atoms with Gasteiger partial charge in [0, 0.05) is 6.92 Å². The minimum absolute atomic E-state index is 0.245. The number of halogens is 1. The molecule has 0 N–H and O–H groups in total. The summed E-state index contributed by atoms with van der Waals surface area (Å²) in [6.45, 7) is 1.36. The maximum absolute atomic E-state index is 9.59. The number of hydrogen-bond donors (Lipinski definition) is 0. The summed E-state index contributed by atoms with van der Waals surface area (Å²) in [6.07, 6.45) is 0. The van der Waals surface area contributed by atoms with Crippen molar-refractivity contribution in [1.82, 2.24) is 0 Å². The average Bonchev–Trinajstić information content (AvgIpc) is 1.73. The smallest absolute Gasteiger partial charge is 0.302 e. The van der Waals surface area contributed by atoms with Crippen molar-refractivity contribution >= 4 is 17.8 Å². The van der Waals surface area contributed by atoms with Crippen LogP contribution in [0, 0.1) is 0 Å². The summed E-state index contributed by atoms with van der Waals surface area (Å²) in [6, 6.07) is 0. The van der Waals surface area contributed by atoms with Crippen molar-refractivity contribution in [3.8, 4) is 0 Å². The molecule has 0 saturated heterocycles. The third kappa shape index (κ3) is 26.8. The lowest BCUT2D eigenvalue weighted by molar-refractivity contribution is -0.137. The summed E-state index contributed by atoms with van der Waals surface area (Å²) in [7, 11) is 1.35. The number of carbonyl (C=O) groups excluding carboxylic acids is 1. The van der Waals surface area contributed by atoms with Gasteiger partial charge in [0.1, 0.15) is 11.9 Å². The summed E-state index contributed by atoms with van der Waals surface area (Å²) in [5.41, 5.74) is 0. The van der Waals surface area contributed by atoms with E-state index in [9.17, 15) is 4.79 Å². The fourth-order valence-electron chi connectivity index (χ4n) is 0. The van der Waals surface area contributed by atoms with Crippen LogP contribution in [0.3, 0.4) is 0 Å². The molecule has 0 saturated carbocycles. The van der Waals surface area contributed by atoms with Crippen molar-refractivity contribution in [2.75, 3.05) is 7.11 Å². The van der Waals surface area contributed by atoms with Gasteiger partial charge in [0.05, 0.1) is 7.11 Å². The molecule has 1 radical (unpaired) electrons. The SMILES string of the molecule is COC(C)=O.[O]Cl. The van der Waals surface area contributed by atoms with Crippen molar-refractivity contribution in [3.05, 3.63) is 0 Å². The standard InChI is InChI=1S/C3H6O2.ClO/c1-3(4)5-2;1-2/h1-2H3;. The van der Waals surface area contributed by atoms with Gasteiger partial charge < -0.3 is 4.74 Å². The number of esters is 1. The van der Waals surface area contributed by atoms with E-state index in [1.54, 1.807) is 0 Å². The first-order valence-corrected chi connectivity index (χ1v) is 1.78. The zero-order chi connectivity index (χ0) is 6.28. The zero-order valence-corrected chi connectivity index (χ0v) is 4.86. The predicted octanol–water partition coefficient (Wildman–Crippen LogP) is 0.750. The number of carbonyl (C=O) groups is 1. The molecule has 0 aliphatic carbocycles. The fraction of sp³-hybridized carbons (Fsp3) is 0.667. The van der Waals surface area contributed by atoms with E-state index in [1.165, 1.54) is 14.0 Å². The lowest BCUT2D eigenvalue weighted by atomic mass is 10.8. The molecule has 0 rings (SSSR count). The predicted molar refractivity (Wildman–Crippen MR) is 24.2 cm³/mol. The van der Waals surface area contributed by atoms with Gasteiger partial charge in [-0.15, -0.1) is 4.66 Å². The monoisotopic (exact) mass is 125 g/mol. The van der Waals surface area contributed by atoms with Crippen LogP contribution in [0.5, 0.6) is 0 Å². The number of rotatable bonds is 0. The molecule has 0 unspecified atom stereocenters. The minimum Gasteiger partial charge on any atom is -0.469 e. The molecule has 0 bridgehead atoms. The second-order valence-electron chi connectivity index (χ2n) is 0.696. The van der Waals surface area contributed by atoms with Crippen LogP contribution in [0.25, 0.3) is 0 Å². The van der Waals surface area contributed by atoms with Gasteiger partial charge in [0.25, 0.3) is 0 Å². The molecule has 0 aliphatic rings. The molecular formula is C3H6ClO3. The topological polar surface area (TPSA) is 46.2 Å². The van der Waals surface area contributed by atoms with E-state index < -0.39 is 0 Å². The van der Waals surface area contributed by atoms with Crippen LogP contribution >= 0.6 is 11.9 Å². The van der Waals surface area contributed by atoms with E-state index in [0.717, 1.165) is 0 Å². The number of methoxy groups -OCH3 is 1. The third-order valence-corrected chi connectivity index (χ3v) is 0.287. The summed E-state index contributed by atoms with van der Waals surface area (Å²) < 4.78 is 11.8. The maximum Gasteiger partial charge on any atom is 0.302 e. The Morgan fingerprint density at radius 2 is 1.71 bits per heavy atom. The van der Waals surface area contributed by atoms with Gasteiger partial charge in [-0.05, 0) is 0 Å². The normalized spacial score (nSPS) is 5.71. The van der Waals surface area contributed by atoms with Crippen molar-refractivity contribution in [2.24, 2.45) is 0 Å². The second-order valence-corrected chi connectivity index (χ2v) is 0.696. The second kappa shape index (κ2) is 9.21. The molecule has 3 nitrogen and oxygen atoms in total. The highest BCUT2D eigenvalue weighted by Crippen LogP contribution is 1.60. The highest BCUT2D eigenvalue weighted by molar-refractivity contribution is 6.04. The Labute approximate surface area is 47.0 Å². The Kier molecular flexibility index (Phi) is 13.0. The Morgan fingerprint density at radius 3 is 1.71 bits per heavy atom. The minimum atomic E-state index is -0.245. The first kappa shape index (κ1) is 9.87. The van der Waals surface area contributed by atoms with Gasteiger partial charge in [-0.25, -0.2) is 0 Å². The number of ether oxygens (including phenoxy) is 1. The van der Waals surface area contributed by atoms with Crippen LogP contribution in [0.2, 0.25) is 0 Å². The third-order valence-electron chi connectivity index (χ3n) is 0.287. The van der Waals surface area contributed by atoms with Gasteiger partial charge in [0.2, 0.25) is 0 Å². The van der Waals surface area contributed by atoms with Crippen molar-refractivity contribution in [3.63, 3.8) is 0 Å². The van der Waals surface area contributed by atoms with E-state index in [0.29, 0.717) is 0 Å². The molecule has 0 aromatic carbocycles. The van der Waals surface area contributed by atoms with Crippen LogP contribution in [0.4, 0.5) is 0 Å². The molecule has 0 atom stereocenters. The molecule has 0 aromatic heterocycles. The van der Waals surface area contributed by atoms with Gasteiger partial charge >= 0.3 is 5.97 Å². The van der Waals surface area contributed by atoms with Crippen molar-refractivity contribution < 1.29 is 14.2 Å². The largest absolute Gasteiger partial charge is 0.469 e. The van der Waals surface area contributed by atoms with E-state index in [4.69, 9.17) is 4.66 Å². The van der Waals surface area contributed by atoms with Crippen molar-refractivity contribution in [1.29, 1.82) is 0 Å². The van der Waals surface area contributed by atoms with Crippen LogP contribution < -0.4 is 0 Å². The summed E-state index contributed by atoms with van der Waals surface area (Å²) in [5, 5.41) is 0. The first-order valence-electron chi connectivity index (χ1n) is 1.47. The first-order chi connectivity index (χ1) is 3.27. The van der Waals surface area contributed by atoms with Crippen molar-refractivity contribution in [2.45, 2.75) is 6.92 Å². The van der Waals surface area contributed by atoms with Gasteiger partial charge in [-0.1, -0.05) is 0 Å². The molecule has 4 heteroatoms. The van der Waals surface area contributed by atoms with E-state index in [-0.39, 0.29) is 5.97 Å². The molecule has 7 heavy (non-hydrogen) atoms. The van der Waals surface area contributed by atoms with Gasteiger partial charge in [-0.3, -0.25) is 4.79 Å². The quantitative estimate of drug-likeness (QED) is 0.449. The van der Waals surface area contributed by atoms with E-state index in [1.807, 2.05) is 0 Å². The Morgan fingerprint density at radius 1 is 1.57 bits per heavy atom. The summed E-state index contributed by atoms with van der Waals surface area (Å²) >= 11 is 3.39. The highest BCUT2D eigenvalue weighted by Gasteiger charge is 1.75. The lowest BCUT2D eigenvalue weighted by Gasteiger charge is -1.80. The lowest BCUT2D eigenvalue weighted by Crippen LogP contribution is -1.88. The van der Waals surface area contributed by atoms with Gasteiger partial charge in [0.15, 0.2) is 0 Å². The number of hydrogen-bond acceptors (Lipinski definition) is 2. The van der Waals surface area contributed by atoms with Crippen LogP contribution in [-0.2, 0) is 14.2 Å². The Hall–Kier alpha value is -0.280. The molecule has 0 aromatic rings. The van der Waals surface area contributed by atoms with Gasteiger partial charge in [-0.2, -0.15) is 0 Å². The average molecular weight is 126 g/mol. The maximum atomic E-state index is 9.59. The molecule has 0 spiro atoms. The molecule has 0 fully saturated rings. The Balaban J connectivity index is 0. The molecule has 43 valence electrons. The van der Waals surface area contributed by atoms with Crippen LogP contribution in [0.1, 0.15) is 6.92 Å². The summed E-state index contributed by atoms with van der Waals surface area (Å²) in [4.78, 5) is 9.59. The molecule has 0 aliphatic heterocycles. The summed E-state index contributed by atoms with van der Waals surface area (Å²) in [5.74, 6) is -0.245. The van der Waals surface area contributed by atoms with Crippen LogP contribution in [0.15, 0.2) is 0 Å². The molecule has 0 heterocycles. The molecular weight excluding hydrogens is 119 g/mol. The van der Waals surface area contributed by atoms with E-state index in [2.05, 4.69) is 16.6 Å². The highest BCUT2D eigenvalue weighted by atomic mass is 35.5. The molecule has 0 amide bonds. The zero-order valence-electron chi connectivity index (χ0n) is 4.10. The van der Waals surface area contributed by atoms with E-state index >= 15 is 0 Å².